The quantitative estimate of drug-likeness (QED) is 0.816. The van der Waals surface area contributed by atoms with E-state index < -0.39 is 0 Å². The fourth-order valence-electron chi connectivity index (χ4n) is 1.67. The largest absolute Gasteiger partial charge is 0.339 e. The Hall–Kier alpha value is -1.39. The van der Waals surface area contributed by atoms with E-state index in [-0.39, 0.29) is 0 Å². The predicted molar refractivity (Wildman–Crippen MR) is 70.8 cm³/mol. The third kappa shape index (κ3) is 3.82. The molecule has 0 spiro atoms. The molecule has 0 unspecified atom stereocenters. The minimum absolute atomic E-state index is 0.644. The van der Waals surface area contributed by atoms with Crippen LogP contribution in [0.2, 0.25) is 5.02 Å². The number of hydrogen-bond donors (Lipinski definition) is 1. The van der Waals surface area contributed by atoms with Gasteiger partial charge in [0.2, 0.25) is 5.89 Å². The molecule has 0 aliphatic carbocycles. The van der Waals surface area contributed by atoms with Crippen molar-refractivity contribution < 1.29 is 4.52 Å². The lowest BCUT2D eigenvalue weighted by Crippen LogP contribution is -2.16. The molecule has 0 radical (unpaired) electrons. The van der Waals surface area contributed by atoms with Crippen molar-refractivity contribution in [2.75, 3.05) is 13.1 Å². The minimum atomic E-state index is 0.644. The van der Waals surface area contributed by atoms with Crippen LogP contribution in [0.15, 0.2) is 28.8 Å². The molecule has 96 valence electrons. The first-order chi connectivity index (χ1) is 8.78. The molecule has 1 aromatic heterocycles. The normalized spacial score (nSPS) is 10.8. The van der Waals surface area contributed by atoms with Crippen molar-refractivity contribution in [3.8, 4) is 0 Å². The highest BCUT2D eigenvalue weighted by Crippen LogP contribution is 2.13. The molecule has 0 fully saturated rings. The zero-order valence-electron chi connectivity index (χ0n) is 10.3. The first-order valence-corrected chi connectivity index (χ1v) is 6.42. The Balaban J connectivity index is 1.94. The van der Waals surface area contributed by atoms with Gasteiger partial charge in [0.1, 0.15) is 0 Å². The van der Waals surface area contributed by atoms with E-state index in [0.29, 0.717) is 18.1 Å². The number of halogens is 1. The molecule has 4 nitrogen and oxygen atoms in total. The number of nitrogens with one attached hydrogen (secondary N) is 1. The summed E-state index contributed by atoms with van der Waals surface area (Å²) < 4.78 is 5.18. The summed E-state index contributed by atoms with van der Waals surface area (Å²) in [5.74, 6) is 1.37. The number of benzene rings is 1. The Morgan fingerprint density at radius 3 is 3.06 bits per heavy atom. The third-order valence-electron chi connectivity index (χ3n) is 2.53. The average molecular weight is 266 g/mol. The van der Waals surface area contributed by atoms with Crippen LogP contribution in [0.5, 0.6) is 0 Å². The lowest BCUT2D eigenvalue weighted by atomic mass is 10.1. The van der Waals surface area contributed by atoms with Crippen LogP contribution >= 0.6 is 11.6 Å². The summed E-state index contributed by atoms with van der Waals surface area (Å²) in [7, 11) is 0. The molecular weight excluding hydrogens is 250 g/mol. The van der Waals surface area contributed by atoms with Crippen molar-refractivity contribution in [1.29, 1.82) is 0 Å². The average Bonchev–Trinajstić information content (AvgIpc) is 2.77. The van der Waals surface area contributed by atoms with E-state index in [1.165, 1.54) is 0 Å². The first kappa shape index (κ1) is 13.1. The molecule has 0 atom stereocenters. The molecule has 0 amide bonds. The fourth-order valence-corrected chi connectivity index (χ4v) is 1.88. The molecule has 1 aromatic carbocycles. The van der Waals surface area contributed by atoms with Crippen molar-refractivity contribution in [3.05, 3.63) is 46.6 Å². The smallest absolute Gasteiger partial charge is 0.227 e. The second kappa shape index (κ2) is 6.52. The van der Waals surface area contributed by atoms with Gasteiger partial charge in [-0.2, -0.15) is 4.98 Å². The molecule has 2 rings (SSSR count). The highest BCUT2D eigenvalue weighted by Gasteiger charge is 2.06. The molecule has 0 aliphatic rings. The molecule has 18 heavy (non-hydrogen) atoms. The SMILES string of the molecule is CCNCCc1nc(Cc2cccc(Cl)c2)no1. The number of aromatic nitrogens is 2. The molecule has 2 aromatic rings. The first-order valence-electron chi connectivity index (χ1n) is 6.04. The van der Waals surface area contributed by atoms with Gasteiger partial charge in [0.05, 0.1) is 0 Å². The van der Waals surface area contributed by atoms with E-state index >= 15 is 0 Å². The molecule has 0 saturated heterocycles. The second-order valence-corrected chi connectivity index (χ2v) is 4.45. The van der Waals surface area contributed by atoms with E-state index in [4.69, 9.17) is 16.1 Å². The van der Waals surface area contributed by atoms with E-state index in [1.54, 1.807) is 0 Å². The summed E-state index contributed by atoms with van der Waals surface area (Å²) in [6.07, 6.45) is 1.40. The van der Waals surface area contributed by atoms with Crippen LogP contribution in [0, 0.1) is 0 Å². The fraction of sp³-hybridized carbons (Fsp3) is 0.385. The Labute approximate surface area is 111 Å². The second-order valence-electron chi connectivity index (χ2n) is 4.01. The van der Waals surface area contributed by atoms with Gasteiger partial charge in [0, 0.05) is 24.4 Å². The van der Waals surface area contributed by atoms with Gasteiger partial charge in [-0.05, 0) is 24.2 Å². The monoisotopic (exact) mass is 265 g/mol. The number of likely N-dealkylation sites (N-methyl/N-ethyl adjacent to an activating group) is 1. The predicted octanol–water partition coefficient (Wildman–Crippen LogP) is 2.47. The van der Waals surface area contributed by atoms with E-state index in [2.05, 4.69) is 22.4 Å². The number of rotatable bonds is 6. The summed E-state index contributed by atoms with van der Waals surface area (Å²) in [5.41, 5.74) is 1.08. The molecule has 0 bridgehead atoms. The molecule has 0 aliphatic heterocycles. The summed E-state index contributed by atoms with van der Waals surface area (Å²) in [5, 5.41) is 7.91. The highest BCUT2D eigenvalue weighted by atomic mass is 35.5. The van der Waals surface area contributed by atoms with Gasteiger partial charge >= 0.3 is 0 Å². The summed E-state index contributed by atoms with van der Waals surface area (Å²) in [4.78, 5) is 4.35. The van der Waals surface area contributed by atoms with E-state index in [0.717, 1.165) is 30.1 Å². The van der Waals surface area contributed by atoms with Crippen LogP contribution in [0.1, 0.15) is 24.2 Å². The van der Waals surface area contributed by atoms with Crippen molar-refractivity contribution in [2.24, 2.45) is 0 Å². The molecule has 0 saturated carbocycles. The van der Waals surface area contributed by atoms with E-state index in [9.17, 15) is 0 Å². The van der Waals surface area contributed by atoms with Crippen LogP contribution in [0.3, 0.4) is 0 Å². The lowest BCUT2D eigenvalue weighted by Gasteiger charge is -1.97. The Bertz CT molecular complexity index is 498. The Kier molecular flexibility index (Phi) is 4.73. The van der Waals surface area contributed by atoms with Crippen LogP contribution < -0.4 is 5.32 Å². The molecule has 1 heterocycles. The topological polar surface area (TPSA) is 51.0 Å². The third-order valence-corrected chi connectivity index (χ3v) is 2.76. The van der Waals surface area contributed by atoms with Gasteiger partial charge in [0.15, 0.2) is 5.82 Å². The van der Waals surface area contributed by atoms with Crippen molar-refractivity contribution >= 4 is 11.6 Å². The maximum atomic E-state index is 5.93. The van der Waals surface area contributed by atoms with E-state index in [1.807, 2.05) is 24.3 Å². The zero-order chi connectivity index (χ0) is 12.8. The zero-order valence-corrected chi connectivity index (χ0v) is 11.1. The van der Waals surface area contributed by atoms with Gasteiger partial charge < -0.3 is 9.84 Å². The number of nitrogens with zero attached hydrogens (tertiary/aromatic N) is 2. The molecular formula is C13H16ClN3O. The summed E-state index contributed by atoms with van der Waals surface area (Å²) in [6.45, 7) is 3.87. The summed E-state index contributed by atoms with van der Waals surface area (Å²) in [6, 6.07) is 7.68. The van der Waals surface area contributed by atoms with Gasteiger partial charge in [-0.1, -0.05) is 35.8 Å². The number of hydrogen-bond acceptors (Lipinski definition) is 4. The van der Waals surface area contributed by atoms with Gasteiger partial charge in [0.25, 0.3) is 0 Å². The van der Waals surface area contributed by atoms with Crippen LogP contribution in [-0.2, 0) is 12.8 Å². The van der Waals surface area contributed by atoms with Crippen LogP contribution in [-0.4, -0.2) is 23.2 Å². The maximum Gasteiger partial charge on any atom is 0.227 e. The lowest BCUT2D eigenvalue weighted by molar-refractivity contribution is 0.372. The van der Waals surface area contributed by atoms with Gasteiger partial charge in [-0.25, -0.2) is 0 Å². The maximum absolute atomic E-state index is 5.93. The van der Waals surface area contributed by atoms with Crippen LogP contribution in [0.4, 0.5) is 0 Å². The molecule has 5 heteroatoms. The van der Waals surface area contributed by atoms with Crippen molar-refractivity contribution in [2.45, 2.75) is 19.8 Å². The minimum Gasteiger partial charge on any atom is -0.339 e. The van der Waals surface area contributed by atoms with Crippen molar-refractivity contribution in [1.82, 2.24) is 15.5 Å². The molecule has 1 N–H and O–H groups in total. The highest BCUT2D eigenvalue weighted by molar-refractivity contribution is 6.30. The van der Waals surface area contributed by atoms with Crippen LogP contribution in [0.25, 0.3) is 0 Å². The standard InChI is InChI=1S/C13H16ClN3O/c1-2-15-7-6-13-16-12(17-18-13)9-10-4-3-5-11(14)8-10/h3-5,8,15H,2,6-7,9H2,1H3. The Morgan fingerprint density at radius 2 is 2.28 bits per heavy atom. The Morgan fingerprint density at radius 1 is 1.39 bits per heavy atom. The summed E-state index contributed by atoms with van der Waals surface area (Å²) >= 11 is 5.93. The van der Waals surface area contributed by atoms with Gasteiger partial charge in [-0.3, -0.25) is 0 Å². The van der Waals surface area contributed by atoms with Crippen molar-refractivity contribution in [3.63, 3.8) is 0 Å². The van der Waals surface area contributed by atoms with Gasteiger partial charge in [-0.15, -0.1) is 0 Å².